The number of pyridine rings is 1. The first kappa shape index (κ1) is 29.4. The Morgan fingerprint density at radius 2 is 1.90 bits per heavy atom. The first-order chi connectivity index (χ1) is 18.5. The Balaban J connectivity index is 1.44. The molecule has 1 aromatic carbocycles. The summed E-state index contributed by atoms with van der Waals surface area (Å²) in [6, 6.07) is 3.36. The van der Waals surface area contributed by atoms with Crippen LogP contribution in [0, 0.1) is 5.92 Å². The molecular weight excluding hydrogens is 562 g/mol. The van der Waals surface area contributed by atoms with Crippen molar-refractivity contribution < 1.29 is 37.8 Å². The zero-order valence-electron chi connectivity index (χ0n) is 20.8. The fraction of sp³-hybridized carbons (Fsp3) is 0.500. The lowest BCUT2D eigenvalue weighted by atomic mass is 9.76. The number of carbonyl (C=O) groups excluding carboxylic acids is 1. The number of hydrogen-bond donors (Lipinski definition) is 3. The number of nitrogens with zero attached hydrogens (tertiary/aromatic N) is 2. The number of nitrogens with one attached hydrogen (secondary N) is 1. The van der Waals surface area contributed by atoms with Crippen molar-refractivity contribution in [1.82, 2.24) is 10.0 Å². The van der Waals surface area contributed by atoms with Crippen molar-refractivity contribution >= 4 is 41.0 Å². The lowest BCUT2D eigenvalue weighted by Crippen LogP contribution is -2.53. The van der Waals surface area contributed by atoms with Crippen molar-refractivity contribution in [2.24, 2.45) is 5.92 Å². The molecule has 39 heavy (non-hydrogen) atoms. The number of aromatic nitrogens is 1. The van der Waals surface area contributed by atoms with Crippen molar-refractivity contribution in [3.05, 3.63) is 56.7 Å². The first-order valence-electron chi connectivity index (χ1n) is 12.6. The summed E-state index contributed by atoms with van der Waals surface area (Å²) in [6.45, 7) is 0.408. The van der Waals surface area contributed by atoms with Gasteiger partial charge in [0.05, 0.1) is 21.2 Å². The number of carboxylic acid groups (broad SMARTS) is 1. The zero-order chi connectivity index (χ0) is 28.3. The van der Waals surface area contributed by atoms with Crippen molar-refractivity contribution in [2.45, 2.75) is 63.2 Å². The average Bonchev–Trinajstić information content (AvgIpc) is 2.84. The van der Waals surface area contributed by atoms with E-state index < -0.39 is 58.0 Å². The number of halogens is 5. The van der Waals surface area contributed by atoms with E-state index in [-0.39, 0.29) is 12.3 Å². The molecule has 8 nitrogen and oxygen atoms in total. The molecule has 2 heterocycles. The molecule has 2 aromatic rings. The van der Waals surface area contributed by atoms with Crippen LogP contribution in [0.3, 0.4) is 0 Å². The van der Waals surface area contributed by atoms with Gasteiger partial charge in [0, 0.05) is 24.9 Å². The Bertz CT molecular complexity index is 1200. The molecule has 3 N–H and O–H groups in total. The van der Waals surface area contributed by atoms with Gasteiger partial charge in [-0.15, -0.1) is 5.06 Å². The van der Waals surface area contributed by atoms with Crippen LogP contribution in [0.5, 0.6) is 0 Å². The summed E-state index contributed by atoms with van der Waals surface area (Å²) in [7, 11) is 0. The molecular formula is C26H28Cl2F3N3O5. The number of carboxylic acids is 1. The number of rotatable bonds is 10. The van der Waals surface area contributed by atoms with Crippen LogP contribution in [0.4, 0.5) is 19.0 Å². The summed E-state index contributed by atoms with van der Waals surface area (Å²) in [5, 5.41) is 22.3. The van der Waals surface area contributed by atoms with Gasteiger partial charge in [0.1, 0.15) is 11.9 Å². The molecule has 0 spiro atoms. The van der Waals surface area contributed by atoms with E-state index in [2.05, 4.69) is 11.4 Å². The molecule has 1 aliphatic carbocycles. The maximum Gasteiger partial charge on any atom is 0.416 e. The smallest absolute Gasteiger partial charge is 0.416 e. The van der Waals surface area contributed by atoms with E-state index >= 15 is 0 Å². The summed E-state index contributed by atoms with van der Waals surface area (Å²) in [5.74, 6) is -1.38. The van der Waals surface area contributed by atoms with E-state index in [4.69, 9.17) is 33.0 Å². The van der Waals surface area contributed by atoms with Crippen LogP contribution in [0.2, 0.25) is 10.0 Å². The number of fused-ring (bicyclic) bond motifs is 1. The highest BCUT2D eigenvalue weighted by atomic mass is 35.5. The summed E-state index contributed by atoms with van der Waals surface area (Å²) >= 11 is 11.9. The largest absolute Gasteiger partial charge is 0.480 e. The van der Waals surface area contributed by atoms with E-state index in [1.807, 2.05) is 6.07 Å². The zero-order valence-corrected chi connectivity index (χ0v) is 22.3. The number of aliphatic hydroxyl groups is 1. The molecule has 13 heteroatoms. The molecule has 0 radical (unpaired) electrons. The van der Waals surface area contributed by atoms with Crippen LogP contribution in [-0.2, 0) is 28.7 Å². The molecule has 2 aliphatic rings. The van der Waals surface area contributed by atoms with Crippen LogP contribution in [0.25, 0.3) is 0 Å². The SMILES string of the molecule is O=C(ON(C1CC(CCc2ccc3c(n2)NCCC3)C1)[C@@H](CCO)C(=O)O)c1c(Cl)cc(C(F)(F)F)cc1Cl. The molecule has 0 amide bonds. The third-order valence-electron chi connectivity index (χ3n) is 7.09. The highest BCUT2D eigenvalue weighted by Crippen LogP contribution is 2.39. The average molecular weight is 590 g/mol. The van der Waals surface area contributed by atoms with Gasteiger partial charge >= 0.3 is 18.1 Å². The Kier molecular flexibility index (Phi) is 9.25. The van der Waals surface area contributed by atoms with Crippen molar-refractivity contribution in [3.63, 3.8) is 0 Å². The highest BCUT2D eigenvalue weighted by Gasteiger charge is 2.42. The van der Waals surface area contributed by atoms with Gasteiger partial charge in [-0.25, -0.2) is 9.78 Å². The summed E-state index contributed by atoms with van der Waals surface area (Å²) in [5.41, 5.74) is 0.501. The lowest BCUT2D eigenvalue weighted by Gasteiger charge is -2.43. The quantitative estimate of drug-likeness (QED) is 0.316. The fourth-order valence-corrected chi connectivity index (χ4v) is 5.59. The minimum atomic E-state index is -4.73. The van der Waals surface area contributed by atoms with Crippen molar-refractivity contribution in [2.75, 3.05) is 18.5 Å². The summed E-state index contributed by atoms with van der Waals surface area (Å²) in [4.78, 5) is 35.0. The van der Waals surface area contributed by atoms with Crippen molar-refractivity contribution in [1.29, 1.82) is 0 Å². The van der Waals surface area contributed by atoms with E-state index in [1.54, 1.807) is 0 Å². The maximum atomic E-state index is 13.1. The predicted molar refractivity (Wildman–Crippen MR) is 138 cm³/mol. The number of aliphatic hydroxyl groups excluding tert-OH is 1. The molecule has 1 saturated carbocycles. The lowest BCUT2D eigenvalue weighted by molar-refractivity contribution is -0.204. The monoisotopic (exact) mass is 589 g/mol. The van der Waals surface area contributed by atoms with Gasteiger partial charge in [0.2, 0.25) is 0 Å². The van der Waals surface area contributed by atoms with Gasteiger partial charge in [-0.3, -0.25) is 4.79 Å². The Morgan fingerprint density at radius 3 is 2.51 bits per heavy atom. The molecule has 0 unspecified atom stereocenters. The first-order valence-corrected chi connectivity index (χ1v) is 13.4. The molecule has 4 rings (SSSR count). The third kappa shape index (κ3) is 6.95. The number of aryl methyl sites for hydroxylation is 2. The van der Waals surface area contributed by atoms with Gasteiger partial charge in [-0.2, -0.15) is 13.2 Å². The van der Waals surface area contributed by atoms with Crippen LogP contribution in [0.15, 0.2) is 24.3 Å². The minimum Gasteiger partial charge on any atom is -0.480 e. The summed E-state index contributed by atoms with van der Waals surface area (Å²) < 4.78 is 39.2. The van der Waals surface area contributed by atoms with Gasteiger partial charge in [0.25, 0.3) is 0 Å². The molecule has 0 bridgehead atoms. The Hall–Kier alpha value is -2.60. The van der Waals surface area contributed by atoms with Crippen LogP contribution in [0.1, 0.15) is 59.3 Å². The van der Waals surface area contributed by atoms with Crippen molar-refractivity contribution in [3.8, 4) is 0 Å². The van der Waals surface area contributed by atoms with Crippen LogP contribution in [-0.4, -0.2) is 57.4 Å². The van der Waals surface area contributed by atoms with Gasteiger partial charge in [-0.1, -0.05) is 29.3 Å². The minimum absolute atomic E-state index is 0.212. The van der Waals surface area contributed by atoms with E-state index in [1.165, 1.54) is 5.56 Å². The number of benzene rings is 1. The molecule has 1 atom stereocenters. The fourth-order valence-electron chi connectivity index (χ4n) is 4.95. The molecule has 1 fully saturated rings. The molecule has 1 aromatic heterocycles. The second kappa shape index (κ2) is 12.3. The summed E-state index contributed by atoms with van der Waals surface area (Å²) in [6.07, 6.45) is -0.354. The van der Waals surface area contributed by atoms with E-state index in [0.29, 0.717) is 25.0 Å². The number of carbonyl (C=O) groups is 2. The number of hydrogen-bond acceptors (Lipinski definition) is 7. The van der Waals surface area contributed by atoms with Gasteiger partial charge in [0.15, 0.2) is 0 Å². The molecule has 0 saturated heterocycles. The molecule has 212 valence electrons. The topological polar surface area (TPSA) is 112 Å². The highest BCUT2D eigenvalue weighted by molar-refractivity contribution is 6.39. The second-order valence-corrected chi connectivity index (χ2v) is 10.6. The van der Waals surface area contributed by atoms with E-state index in [9.17, 15) is 33.0 Å². The Labute approximate surface area is 233 Å². The molecule has 1 aliphatic heterocycles. The number of anilines is 1. The van der Waals surface area contributed by atoms with Crippen LogP contribution < -0.4 is 5.32 Å². The van der Waals surface area contributed by atoms with Gasteiger partial charge in [-0.05, 0) is 74.6 Å². The van der Waals surface area contributed by atoms with Gasteiger partial charge < -0.3 is 20.4 Å². The number of alkyl halides is 3. The van der Waals surface area contributed by atoms with Crippen LogP contribution >= 0.6 is 23.2 Å². The van der Waals surface area contributed by atoms with E-state index in [0.717, 1.165) is 48.8 Å². The normalized spacial score (nSPS) is 19.6. The third-order valence-corrected chi connectivity index (χ3v) is 7.68. The maximum absolute atomic E-state index is 13.1. The number of aliphatic carboxylic acids is 1. The standard InChI is InChI=1S/C26H28Cl2F3N3O5/c27-19-12-16(26(29,30)31)13-20(28)22(19)25(38)39-34(21(7-9-35)24(36)37)18-10-14(11-18)3-5-17-6-4-15-2-1-8-32-23(15)33-17/h4,6,12-14,18,21,35H,1-3,5,7-11H2,(H,32,33)(H,36,37)/t14?,18?,21-/m0/s1. The predicted octanol–water partition coefficient (Wildman–Crippen LogP) is 5.39. The second-order valence-electron chi connectivity index (χ2n) is 9.79. The number of hydroxylamine groups is 2. The Morgan fingerprint density at radius 1 is 1.21 bits per heavy atom.